The fourth-order valence-electron chi connectivity index (χ4n) is 1.77. The molecule has 0 aliphatic heterocycles. The van der Waals surface area contributed by atoms with Crippen molar-refractivity contribution < 1.29 is 9.21 Å². The van der Waals surface area contributed by atoms with Crippen LogP contribution in [0.1, 0.15) is 36.4 Å². The van der Waals surface area contributed by atoms with Crippen molar-refractivity contribution in [3.8, 4) is 0 Å². The maximum Gasteiger partial charge on any atom is 0.287 e. The lowest BCUT2D eigenvalue weighted by molar-refractivity contribution is 0.0925. The number of nitrogens with zero attached hydrogens (tertiary/aromatic N) is 1. The second-order valence-corrected chi connectivity index (χ2v) is 7.37. The number of halogens is 1. The molecule has 0 bridgehead atoms. The molecule has 0 aromatic carbocycles. The topological polar surface area (TPSA) is 78.7 Å². The largest absolute Gasteiger partial charge is 0.459 e. The predicted octanol–water partition coefficient (Wildman–Crippen LogP) is 2.63. The summed E-state index contributed by atoms with van der Waals surface area (Å²) in [6.45, 7) is 8.37. The summed E-state index contributed by atoms with van der Waals surface area (Å²) in [6.07, 6.45) is 4.43. The molecule has 0 aliphatic rings. The van der Waals surface area contributed by atoms with Gasteiger partial charge in [-0.25, -0.2) is 0 Å². The number of nitrogens with one attached hydrogen (secondary N) is 3. The van der Waals surface area contributed by atoms with Gasteiger partial charge in [-0.2, -0.15) is 11.8 Å². The van der Waals surface area contributed by atoms with E-state index >= 15 is 0 Å². The predicted molar refractivity (Wildman–Crippen MR) is 113 cm³/mol. The van der Waals surface area contributed by atoms with E-state index in [1.54, 1.807) is 13.1 Å². The summed E-state index contributed by atoms with van der Waals surface area (Å²) in [6, 6.07) is 1.78. The smallest absolute Gasteiger partial charge is 0.287 e. The van der Waals surface area contributed by atoms with Gasteiger partial charge in [-0.15, -0.1) is 24.0 Å². The molecule has 0 unspecified atom stereocenters. The maximum atomic E-state index is 11.9. The number of amides is 1. The summed E-state index contributed by atoms with van der Waals surface area (Å²) in [7, 11) is 1.75. The zero-order chi connectivity index (χ0) is 17.3. The Labute approximate surface area is 166 Å². The van der Waals surface area contributed by atoms with Crippen LogP contribution in [0.5, 0.6) is 0 Å². The van der Waals surface area contributed by atoms with Gasteiger partial charge in [0.15, 0.2) is 11.7 Å². The van der Waals surface area contributed by atoms with E-state index < -0.39 is 0 Å². The molecule has 0 fully saturated rings. The number of hydrogen-bond donors (Lipinski definition) is 3. The zero-order valence-corrected chi connectivity index (χ0v) is 18.2. The van der Waals surface area contributed by atoms with Crippen molar-refractivity contribution in [1.82, 2.24) is 16.0 Å². The third kappa shape index (κ3) is 8.27. The molecular weight excluding hydrogens is 439 g/mol. The summed E-state index contributed by atoms with van der Waals surface area (Å²) in [4.78, 5) is 16.1. The third-order valence-corrected chi connectivity index (χ3v) is 4.71. The van der Waals surface area contributed by atoms with Crippen molar-refractivity contribution in [3.05, 3.63) is 23.7 Å². The van der Waals surface area contributed by atoms with Gasteiger partial charge in [-0.05, 0) is 39.5 Å². The average molecular weight is 468 g/mol. The van der Waals surface area contributed by atoms with E-state index in [1.165, 1.54) is 6.26 Å². The van der Waals surface area contributed by atoms with Crippen LogP contribution in [0.4, 0.5) is 0 Å². The van der Waals surface area contributed by atoms with Gasteiger partial charge in [-0.3, -0.25) is 9.79 Å². The van der Waals surface area contributed by atoms with Gasteiger partial charge in [0.05, 0.1) is 6.26 Å². The van der Waals surface area contributed by atoms with E-state index in [0.29, 0.717) is 12.3 Å². The first-order valence-corrected chi connectivity index (χ1v) is 8.94. The molecule has 1 rings (SSSR count). The monoisotopic (exact) mass is 468 g/mol. The Hall–Kier alpha value is -0.900. The fraction of sp³-hybridized carbons (Fsp3) is 0.625. The Bertz CT molecular complexity index is 532. The quantitative estimate of drug-likeness (QED) is 0.237. The van der Waals surface area contributed by atoms with E-state index in [2.05, 4.69) is 41.0 Å². The molecule has 6 nitrogen and oxygen atoms in total. The Kier molecular flexibility index (Phi) is 11.2. The van der Waals surface area contributed by atoms with E-state index in [9.17, 15) is 4.79 Å². The van der Waals surface area contributed by atoms with Crippen LogP contribution in [0.2, 0.25) is 0 Å². The summed E-state index contributed by atoms with van der Waals surface area (Å²) in [5.74, 6) is 0.992. The van der Waals surface area contributed by atoms with Gasteiger partial charge < -0.3 is 20.4 Å². The molecular formula is C16H29IN4O2S. The van der Waals surface area contributed by atoms with Crippen LogP contribution in [0.25, 0.3) is 0 Å². The van der Waals surface area contributed by atoms with Crippen LogP contribution in [-0.4, -0.2) is 49.6 Å². The molecule has 1 aromatic heterocycles. The first kappa shape index (κ1) is 23.1. The van der Waals surface area contributed by atoms with Gasteiger partial charge in [0, 0.05) is 37.0 Å². The van der Waals surface area contributed by atoms with Gasteiger partial charge in [0.25, 0.3) is 5.91 Å². The first-order valence-electron chi connectivity index (χ1n) is 7.71. The van der Waals surface area contributed by atoms with Crippen molar-refractivity contribution in [2.45, 2.75) is 31.9 Å². The number of hydrogen-bond acceptors (Lipinski definition) is 4. The van der Waals surface area contributed by atoms with Gasteiger partial charge in [0.2, 0.25) is 0 Å². The highest BCUT2D eigenvalue weighted by Crippen LogP contribution is 2.19. The molecule has 0 aliphatic carbocycles. The minimum atomic E-state index is -0.170. The molecule has 0 radical (unpaired) electrons. The van der Waals surface area contributed by atoms with Crippen LogP contribution in [-0.2, 0) is 0 Å². The van der Waals surface area contributed by atoms with Gasteiger partial charge >= 0.3 is 0 Å². The molecule has 3 N–H and O–H groups in total. The van der Waals surface area contributed by atoms with Crippen LogP contribution in [0.15, 0.2) is 21.7 Å². The molecule has 0 saturated heterocycles. The van der Waals surface area contributed by atoms with Gasteiger partial charge in [0.1, 0.15) is 0 Å². The minimum absolute atomic E-state index is 0. The molecule has 24 heavy (non-hydrogen) atoms. The van der Waals surface area contributed by atoms with Gasteiger partial charge in [-0.1, -0.05) is 0 Å². The number of aliphatic imine (C=N–C) groups is 1. The second kappa shape index (κ2) is 11.6. The SMILES string of the molecule is CN=C(NCCCNC(=O)c1occc1C)NCC(C)(C)SC.I. The van der Waals surface area contributed by atoms with Crippen molar-refractivity contribution in [2.75, 3.05) is 32.9 Å². The van der Waals surface area contributed by atoms with Crippen LogP contribution in [0, 0.1) is 6.92 Å². The minimum Gasteiger partial charge on any atom is -0.459 e. The van der Waals surface area contributed by atoms with Crippen molar-refractivity contribution in [3.63, 3.8) is 0 Å². The lowest BCUT2D eigenvalue weighted by Crippen LogP contribution is -2.44. The normalized spacial score (nSPS) is 11.6. The van der Waals surface area contributed by atoms with E-state index in [-0.39, 0.29) is 34.6 Å². The lowest BCUT2D eigenvalue weighted by atomic mass is 10.2. The fourth-order valence-corrected chi connectivity index (χ4v) is 1.99. The van der Waals surface area contributed by atoms with E-state index in [1.807, 2.05) is 18.7 Å². The standard InChI is InChI=1S/C16H28N4O2S.HI/c1-12-7-10-22-13(12)14(21)18-8-6-9-19-15(17-4)20-11-16(2,3)23-5;/h7,10H,6,8-9,11H2,1-5H3,(H,18,21)(H2,17,19,20);1H. The third-order valence-electron chi connectivity index (χ3n) is 3.46. The van der Waals surface area contributed by atoms with Crippen molar-refractivity contribution in [2.24, 2.45) is 4.99 Å². The number of thioether (sulfide) groups is 1. The van der Waals surface area contributed by atoms with Crippen molar-refractivity contribution in [1.29, 1.82) is 0 Å². The number of aryl methyl sites for hydroxylation is 1. The summed E-state index contributed by atoms with van der Waals surface area (Å²) in [5, 5.41) is 9.39. The first-order chi connectivity index (χ1) is 10.9. The molecule has 0 atom stereocenters. The molecule has 1 heterocycles. The molecule has 0 saturated carbocycles. The van der Waals surface area contributed by atoms with E-state index in [0.717, 1.165) is 31.0 Å². The second-order valence-electron chi connectivity index (χ2n) is 5.86. The van der Waals surface area contributed by atoms with E-state index in [4.69, 9.17) is 4.42 Å². The Morgan fingerprint density at radius 2 is 1.96 bits per heavy atom. The number of rotatable bonds is 8. The molecule has 1 aromatic rings. The van der Waals surface area contributed by atoms with Crippen LogP contribution >= 0.6 is 35.7 Å². The average Bonchev–Trinajstić information content (AvgIpc) is 2.96. The highest BCUT2D eigenvalue weighted by molar-refractivity contribution is 14.0. The number of guanidine groups is 1. The summed E-state index contributed by atoms with van der Waals surface area (Å²) >= 11 is 1.81. The molecule has 0 spiro atoms. The maximum absolute atomic E-state index is 11.9. The molecule has 1 amide bonds. The summed E-state index contributed by atoms with van der Waals surface area (Å²) in [5.41, 5.74) is 0.849. The molecule has 8 heteroatoms. The Morgan fingerprint density at radius 1 is 1.29 bits per heavy atom. The lowest BCUT2D eigenvalue weighted by Gasteiger charge is -2.23. The summed E-state index contributed by atoms with van der Waals surface area (Å²) < 4.78 is 5.31. The number of carbonyl (C=O) groups is 1. The zero-order valence-electron chi connectivity index (χ0n) is 15.1. The highest BCUT2D eigenvalue weighted by Gasteiger charge is 2.16. The number of carbonyl (C=O) groups excluding carboxylic acids is 1. The Balaban J connectivity index is 0.00000529. The Morgan fingerprint density at radius 3 is 2.50 bits per heavy atom. The number of furan rings is 1. The molecule has 138 valence electrons. The van der Waals surface area contributed by atoms with Crippen LogP contribution in [0.3, 0.4) is 0 Å². The van der Waals surface area contributed by atoms with Crippen molar-refractivity contribution >= 4 is 47.6 Å². The van der Waals surface area contributed by atoms with Crippen LogP contribution < -0.4 is 16.0 Å². The highest BCUT2D eigenvalue weighted by atomic mass is 127.